The first-order chi connectivity index (χ1) is 19.5. The molecule has 0 fully saturated rings. The van der Waals surface area contributed by atoms with Crippen molar-refractivity contribution in [2.75, 3.05) is 35.5 Å². The smallest absolute Gasteiger partial charge is 0.251 e. The van der Waals surface area contributed by atoms with Crippen LogP contribution in [0.1, 0.15) is 31.4 Å². The third-order valence-corrected chi connectivity index (χ3v) is 7.98. The summed E-state index contributed by atoms with van der Waals surface area (Å²) in [7, 11) is -2.19. The topological polar surface area (TPSA) is 137 Å². The van der Waals surface area contributed by atoms with Crippen LogP contribution in [0.2, 0.25) is 0 Å². The highest BCUT2D eigenvalue weighted by Gasteiger charge is 2.38. The van der Waals surface area contributed by atoms with E-state index in [0.29, 0.717) is 23.4 Å². The van der Waals surface area contributed by atoms with Crippen LogP contribution in [-0.2, 0) is 30.8 Å². The van der Waals surface area contributed by atoms with Crippen molar-refractivity contribution < 1.29 is 27.5 Å². The predicted molar refractivity (Wildman–Crippen MR) is 164 cm³/mol. The van der Waals surface area contributed by atoms with Crippen molar-refractivity contribution in [1.82, 2.24) is 5.32 Å². The van der Waals surface area contributed by atoms with Gasteiger partial charge in [-0.3, -0.25) is 14.4 Å². The van der Waals surface area contributed by atoms with E-state index in [0.717, 1.165) is 17.0 Å². The van der Waals surface area contributed by atoms with Crippen molar-refractivity contribution >= 4 is 62.1 Å². The van der Waals surface area contributed by atoms with Crippen LogP contribution in [0.25, 0.3) is 10.8 Å². The van der Waals surface area contributed by atoms with Crippen LogP contribution in [0.4, 0.5) is 11.4 Å². The summed E-state index contributed by atoms with van der Waals surface area (Å²) in [6, 6.07) is 16.8. The minimum absolute atomic E-state index is 0. The monoisotopic (exact) mass is 612 g/mol. The molecule has 222 valence electrons. The van der Waals surface area contributed by atoms with Gasteiger partial charge in [0.2, 0.25) is 11.8 Å². The molecular weight excluding hydrogens is 580 g/mol. The van der Waals surface area contributed by atoms with Crippen molar-refractivity contribution in [3.05, 3.63) is 65.7 Å². The molecule has 4 rings (SSSR count). The van der Waals surface area contributed by atoms with Gasteiger partial charge in [0.05, 0.1) is 43.2 Å². The Morgan fingerprint density at radius 1 is 1.14 bits per heavy atom. The third kappa shape index (κ3) is 6.83. The summed E-state index contributed by atoms with van der Waals surface area (Å²) in [6.07, 6.45) is 1.48. The standard InChI is InChI=1S/C30H32N4O6S.ClH/c1-5-19(2)29(36)32-24-17-33(28(35)18-41(4,38)39)26-14-20(15-31)10-12-25(26)34(30(24)37)16-23-22-9-7-6-8-21(22)11-13-27(23)40-3;/h6-14,19,24H,5,16-18H2,1-4H3,(H,32,36);1H/t19-,24+;/m1./s1. The number of nitrogens with zero attached hydrogens (tertiary/aromatic N) is 3. The molecule has 0 aromatic heterocycles. The first-order valence-corrected chi connectivity index (χ1v) is 15.2. The van der Waals surface area contributed by atoms with E-state index in [2.05, 4.69) is 5.32 Å². The van der Waals surface area contributed by atoms with Crippen LogP contribution < -0.4 is 19.9 Å². The first kappa shape index (κ1) is 32.4. The van der Waals surface area contributed by atoms with Crippen molar-refractivity contribution in [2.45, 2.75) is 32.9 Å². The van der Waals surface area contributed by atoms with E-state index in [1.54, 1.807) is 13.0 Å². The fourth-order valence-electron chi connectivity index (χ4n) is 4.84. The molecule has 12 heteroatoms. The minimum Gasteiger partial charge on any atom is -0.496 e. The zero-order valence-corrected chi connectivity index (χ0v) is 25.4. The Labute approximate surface area is 251 Å². The Morgan fingerprint density at radius 2 is 1.86 bits per heavy atom. The Hall–Kier alpha value is -4.14. The zero-order valence-electron chi connectivity index (χ0n) is 23.8. The van der Waals surface area contributed by atoms with Gasteiger partial charge >= 0.3 is 0 Å². The van der Waals surface area contributed by atoms with E-state index in [-0.39, 0.29) is 42.7 Å². The highest BCUT2D eigenvalue weighted by Crippen LogP contribution is 2.38. The van der Waals surface area contributed by atoms with Crippen LogP contribution in [0, 0.1) is 17.2 Å². The summed E-state index contributed by atoms with van der Waals surface area (Å²) in [4.78, 5) is 43.3. The first-order valence-electron chi connectivity index (χ1n) is 13.2. The van der Waals surface area contributed by atoms with Crippen LogP contribution in [0.5, 0.6) is 5.75 Å². The van der Waals surface area contributed by atoms with Gasteiger partial charge in [0.25, 0.3) is 5.91 Å². The normalized spacial score (nSPS) is 15.6. The molecule has 0 saturated carbocycles. The number of anilines is 2. The molecule has 1 N–H and O–H groups in total. The molecule has 1 heterocycles. The number of rotatable bonds is 8. The largest absolute Gasteiger partial charge is 0.496 e. The van der Waals surface area contributed by atoms with Gasteiger partial charge in [-0.05, 0) is 41.5 Å². The van der Waals surface area contributed by atoms with Gasteiger partial charge in [-0.2, -0.15) is 5.26 Å². The second kappa shape index (κ2) is 13.2. The van der Waals surface area contributed by atoms with Gasteiger partial charge in [-0.25, -0.2) is 8.42 Å². The summed E-state index contributed by atoms with van der Waals surface area (Å²) in [5, 5.41) is 14.2. The average Bonchev–Trinajstić information content (AvgIpc) is 3.06. The molecule has 10 nitrogen and oxygen atoms in total. The molecule has 0 bridgehead atoms. The summed E-state index contributed by atoms with van der Waals surface area (Å²) >= 11 is 0. The summed E-state index contributed by atoms with van der Waals surface area (Å²) in [5.74, 6) is -2.29. The molecule has 0 spiro atoms. The Kier molecular flexibility index (Phi) is 10.2. The van der Waals surface area contributed by atoms with Gasteiger partial charge < -0.3 is 19.9 Å². The van der Waals surface area contributed by atoms with E-state index in [1.165, 1.54) is 29.0 Å². The van der Waals surface area contributed by atoms with Crippen LogP contribution in [0.15, 0.2) is 54.6 Å². The molecule has 0 radical (unpaired) electrons. The van der Waals surface area contributed by atoms with Gasteiger partial charge in [-0.15, -0.1) is 12.4 Å². The molecule has 3 aromatic carbocycles. The molecule has 1 aliphatic rings. The van der Waals surface area contributed by atoms with Gasteiger partial charge in [0, 0.05) is 17.7 Å². The number of sulfone groups is 1. The van der Waals surface area contributed by atoms with Crippen molar-refractivity contribution in [1.29, 1.82) is 5.26 Å². The van der Waals surface area contributed by atoms with E-state index in [9.17, 15) is 28.1 Å². The fourth-order valence-corrected chi connectivity index (χ4v) is 5.44. The number of nitriles is 1. The number of carbonyl (C=O) groups excluding carboxylic acids is 3. The maximum atomic E-state index is 14.3. The summed E-state index contributed by atoms with van der Waals surface area (Å²) in [6.45, 7) is 3.29. The SMILES string of the molecule is CC[C@@H](C)C(=O)N[C@H]1CN(C(=O)CS(C)(=O)=O)c2cc(C#N)ccc2N(Cc2c(OC)ccc3ccccc23)C1=O.Cl. The number of ether oxygens (including phenoxy) is 1. The minimum atomic E-state index is -3.73. The lowest BCUT2D eigenvalue weighted by Crippen LogP contribution is -2.54. The second-order valence-corrected chi connectivity index (χ2v) is 12.3. The van der Waals surface area contributed by atoms with Crippen molar-refractivity contribution in [3.63, 3.8) is 0 Å². The highest BCUT2D eigenvalue weighted by molar-refractivity contribution is 7.91. The Balaban J connectivity index is 0.00000484. The lowest BCUT2D eigenvalue weighted by Gasteiger charge is -2.27. The molecule has 42 heavy (non-hydrogen) atoms. The van der Waals surface area contributed by atoms with Crippen molar-refractivity contribution in [3.8, 4) is 11.8 Å². The number of methoxy groups -OCH3 is 1. The van der Waals surface area contributed by atoms with E-state index in [4.69, 9.17) is 4.74 Å². The molecule has 2 atom stereocenters. The van der Waals surface area contributed by atoms with Gasteiger partial charge in [0.1, 0.15) is 17.5 Å². The van der Waals surface area contributed by atoms with Crippen LogP contribution in [0.3, 0.4) is 0 Å². The molecule has 0 unspecified atom stereocenters. The van der Waals surface area contributed by atoms with Gasteiger partial charge in [-0.1, -0.05) is 44.2 Å². The number of hydrogen-bond acceptors (Lipinski definition) is 7. The number of amides is 3. The Bertz CT molecular complexity index is 1670. The molecular formula is C30H33ClN4O6S. The van der Waals surface area contributed by atoms with E-state index < -0.39 is 39.4 Å². The van der Waals surface area contributed by atoms with Gasteiger partial charge in [0.15, 0.2) is 9.84 Å². The van der Waals surface area contributed by atoms with E-state index in [1.807, 2.05) is 49.4 Å². The van der Waals surface area contributed by atoms with Crippen molar-refractivity contribution in [2.24, 2.45) is 5.92 Å². The van der Waals surface area contributed by atoms with Crippen LogP contribution >= 0.6 is 12.4 Å². The summed E-state index contributed by atoms with van der Waals surface area (Å²) < 4.78 is 29.8. The fraction of sp³-hybridized carbons (Fsp3) is 0.333. The molecule has 3 aromatic rings. The number of hydrogen-bond donors (Lipinski definition) is 1. The quantitative estimate of drug-likeness (QED) is 0.410. The average molecular weight is 613 g/mol. The molecule has 1 aliphatic heterocycles. The molecule has 0 aliphatic carbocycles. The third-order valence-electron chi connectivity index (χ3n) is 7.21. The lowest BCUT2D eigenvalue weighted by atomic mass is 10.0. The second-order valence-electron chi connectivity index (χ2n) is 10.2. The highest BCUT2D eigenvalue weighted by atomic mass is 35.5. The Morgan fingerprint density at radius 3 is 2.50 bits per heavy atom. The number of benzene rings is 3. The summed E-state index contributed by atoms with van der Waals surface area (Å²) in [5.41, 5.74) is 1.42. The maximum Gasteiger partial charge on any atom is 0.251 e. The number of carbonyl (C=O) groups is 3. The number of halogens is 1. The predicted octanol–water partition coefficient (Wildman–Crippen LogP) is 3.60. The maximum absolute atomic E-state index is 14.3. The van der Waals surface area contributed by atoms with E-state index >= 15 is 0 Å². The van der Waals surface area contributed by atoms with Crippen LogP contribution in [-0.4, -0.2) is 57.8 Å². The molecule has 3 amide bonds. The number of nitrogens with one attached hydrogen (secondary N) is 1. The lowest BCUT2D eigenvalue weighted by molar-refractivity contribution is -0.129. The zero-order chi connectivity index (χ0) is 29.9. The molecule has 0 saturated heterocycles. The number of fused-ring (bicyclic) bond motifs is 2.